The second-order valence-electron chi connectivity index (χ2n) is 8.16. The van der Waals surface area contributed by atoms with E-state index in [0.717, 1.165) is 0 Å². The zero-order chi connectivity index (χ0) is 26.0. The summed E-state index contributed by atoms with van der Waals surface area (Å²) in [7, 11) is -4.01. The van der Waals surface area contributed by atoms with E-state index in [9.17, 15) is 21.6 Å². The molecule has 9 nitrogen and oxygen atoms in total. The van der Waals surface area contributed by atoms with Crippen LogP contribution in [-0.2, 0) is 14.8 Å². The van der Waals surface area contributed by atoms with Gasteiger partial charge >= 0.3 is 0 Å². The summed E-state index contributed by atoms with van der Waals surface area (Å²) in [6.45, 7) is 6.01. The number of ether oxygens (including phenoxy) is 1. The van der Waals surface area contributed by atoms with Crippen LogP contribution in [0.3, 0.4) is 0 Å². The average molecular weight is 521 g/mol. The minimum Gasteiger partial charge on any atom is -0.381 e. The van der Waals surface area contributed by atoms with Crippen LogP contribution >= 0.6 is 0 Å². The lowest BCUT2D eigenvalue weighted by Crippen LogP contribution is -2.46. The van der Waals surface area contributed by atoms with E-state index in [1.165, 1.54) is 12.3 Å². The number of benzene rings is 2. The molecular weight excluding hydrogens is 497 g/mol. The Balaban J connectivity index is 1.88. The maximum Gasteiger partial charge on any atom is 0.238 e. The lowest BCUT2D eigenvalue weighted by atomic mass is 10.1. The molecule has 0 bridgehead atoms. The molecule has 2 aliphatic rings. The van der Waals surface area contributed by atoms with Crippen LogP contribution in [0.25, 0.3) is 0 Å². The molecular formula is C23H23F3N6O3S. The van der Waals surface area contributed by atoms with Gasteiger partial charge in [0.15, 0.2) is 23.3 Å². The van der Waals surface area contributed by atoms with Gasteiger partial charge in [-0.15, -0.1) is 0 Å². The van der Waals surface area contributed by atoms with Crippen molar-refractivity contribution in [2.45, 2.75) is 30.7 Å². The number of sulfonamides is 1. The Bertz CT molecular complexity index is 1380. The number of hydrogen-bond acceptors (Lipinski definition) is 6. The lowest BCUT2D eigenvalue weighted by Gasteiger charge is -2.32. The summed E-state index contributed by atoms with van der Waals surface area (Å²) in [4.78, 5) is 12.4. The highest BCUT2D eigenvalue weighted by Crippen LogP contribution is 2.30. The van der Waals surface area contributed by atoms with Crippen molar-refractivity contribution >= 4 is 39.8 Å². The Kier molecular flexibility index (Phi) is 7.24. The first-order valence-corrected chi connectivity index (χ1v) is 12.4. The number of hydrazine groups is 1. The second-order valence-corrected chi connectivity index (χ2v) is 9.69. The smallest absolute Gasteiger partial charge is 0.238 e. The minimum atomic E-state index is -4.01. The highest BCUT2D eigenvalue weighted by atomic mass is 32.2. The van der Waals surface area contributed by atoms with Crippen LogP contribution < -0.4 is 10.6 Å². The van der Waals surface area contributed by atoms with E-state index < -0.39 is 33.2 Å². The van der Waals surface area contributed by atoms with Crippen molar-refractivity contribution in [3.63, 3.8) is 0 Å². The number of hydrogen-bond donors (Lipinski definition) is 2. The molecule has 0 spiro atoms. The predicted octanol–water partition coefficient (Wildman–Crippen LogP) is 3.40. The quantitative estimate of drug-likeness (QED) is 0.586. The van der Waals surface area contributed by atoms with E-state index in [1.807, 2.05) is 0 Å². The van der Waals surface area contributed by atoms with Gasteiger partial charge in [0, 0.05) is 31.5 Å². The van der Waals surface area contributed by atoms with Gasteiger partial charge in [0.1, 0.15) is 11.5 Å². The number of nitrogens with two attached hydrogens (primary N) is 1. The molecule has 13 heteroatoms. The molecule has 36 heavy (non-hydrogen) atoms. The van der Waals surface area contributed by atoms with Gasteiger partial charge in [0.05, 0.1) is 22.2 Å². The lowest BCUT2D eigenvalue weighted by molar-refractivity contribution is 0.0508. The van der Waals surface area contributed by atoms with Crippen LogP contribution in [-0.4, -0.2) is 51.1 Å². The Morgan fingerprint density at radius 1 is 1.14 bits per heavy atom. The fourth-order valence-corrected chi connectivity index (χ4v) is 4.72. The van der Waals surface area contributed by atoms with Crippen LogP contribution in [0.15, 0.2) is 62.0 Å². The van der Waals surface area contributed by atoms with Crippen molar-refractivity contribution in [3.8, 4) is 0 Å². The number of amidine groups is 2. The average Bonchev–Trinajstić information content (AvgIpc) is 3.14. The summed E-state index contributed by atoms with van der Waals surface area (Å²) >= 11 is 0. The Hall–Kier alpha value is -3.55. The number of aryl methyl sites for hydroxylation is 1. The molecule has 2 fully saturated rings. The maximum atomic E-state index is 14.4. The number of nitrogens with one attached hydrogen (secondary N) is 1. The number of nitrogens with zero attached hydrogens (tertiary/aromatic N) is 4. The van der Waals surface area contributed by atoms with E-state index >= 15 is 0 Å². The summed E-state index contributed by atoms with van der Waals surface area (Å²) < 4.78 is 71.6. The van der Waals surface area contributed by atoms with Crippen LogP contribution in [0, 0.1) is 24.4 Å². The monoisotopic (exact) mass is 520 g/mol. The minimum absolute atomic E-state index is 0.00386. The number of rotatable bonds is 5. The van der Waals surface area contributed by atoms with Gasteiger partial charge in [-0.25, -0.2) is 36.7 Å². The SMILES string of the molecule is C=N/C=C1/C(=Nc2c(F)cc(F)cc2F)NN(C2CCOCC2)C1=Nc1ccc(C)c(S(N)(=O)=O)c1. The van der Waals surface area contributed by atoms with Crippen molar-refractivity contribution in [3.05, 3.63) is 65.1 Å². The first-order valence-electron chi connectivity index (χ1n) is 10.8. The molecule has 0 amide bonds. The van der Waals surface area contributed by atoms with Crippen LogP contribution in [0.2, 0.25) is 0 Å². The highest BCUT2D eigenvalue weighted by molar-refractivity contribution is 7.89. The fourth-order valence-electron chi connectivity index (χ4n) is 3.92. The first kappa shape index (κ1) is 25.5. The molecule has 0 saturated carbocycles. The van der Waals surface area contributed by atoms with Crippen LogP contribution in [0.5, 0.6) is 0 Å². The molecule has 4 rings (SSSR count). The van der Waals surface area contributed by atoms with E-state index in [0.29, 0.717) is 43.8 Å². The fraction of sp³-hybridized carbons (Fsp3) is 0.261. The molecule has 0 unspecified atom stereocenters. The number of aliphatic imine (C=N–C) groups is 3. The Labute approximate surface area is 205 Å². The van der Waals surface area contributed by atoms with Gasteiger partial charge in [-0.2, -0.15) is 0 Å². The third-order valence-corrected chi connectivity index (χ3v) is 6.70. The van der Waals surface area contributed by atoms with Crippen molar-refractivity contribution in [1.29, 1.82) is 0 Å². The van der Waals surface area contributed by atoms with Gasteiger partial charge in [-0.1, -0.05) is 6.07 Å². The molecule has 2 aromatic carbocycles. The van der Waals surface area contributed by atoms with Gasteiger partial charge in [0.25, 0.3) is 0 Å². The van der Waals surface area contributed by atoms with Gasteiger partial charge < -0.3 is 4.74 Å². The highest BCUT2D eigenvalue weighted by Gasteiger charge is 2.36. The van der Waals surface area contributed by atoms with Crippen molar-refractivity contribution < 1.29 is 26.3 Å². The molecule has 3 N–H and O–H groups in total. The molecule has 2 aliphatic heterocycles. The third kappa shape index (κ3) is 5.32. The molecule has 2 saturated heterocycles. The largest absolute Gasteiger partial charge is 0.381 e. The second kappa shape index (κ2) is 10.2. The van der Waals surface area contributed by atoms with Crippen molar-refractivity contribution in [1.82, 2.24) is 10.4 Å². The Morgan fingerprint density at radius 2 is 1.81 bits per heavy atom. The van der Waals surface area contributed by atoms with Crippen molar-refractivity contribution in [2.75, 3.05) is 13.2 Å². The topological polar surface area (TPSA) is 122 Å². The Morgan fingerprint density at radius 3 is 2.42 bits per heavy atom. The van der Waals surface area contributed by atoms with E-state index in [-0.39, 0.29) is 33.9 Å². The molecule has 0 aromatic heterocycles. The van der Waals surface area contributed by atoms with Crippen LogP contribution in [0.4, 0.5) is 24.5 Å². The normalized spacial score (nSPS) is 20.4. The van der Waals surface area contributed by atoms with Crippen LogP contribution in [0.1, 0.15) is 18.4 Å². The van der Waals surface area contributed by atoms with Gasteiger partial charge in [-0.3, -0.25) is 15.4 Å². The summed E-state index contributed by atoms with van der Waals surface area (Å²) in [5.41, 5.74) is 3.25. The van der Waals surface area contributed by atoms with Gasteiger partial charge in [0.2, 0.25) is 10.0 Å². The first-order chi connectivity index (χ1) is 17.1. The summed E-state index contributed by atoms with van der Waals surface area (Å²) in [6, 6.07) is 5.40. The standard InChI is InChI=1S/C23H23F3N6O3S/c1-13-3-4-15(11-20(13)36(27,33)34)29-23-17(12-28-2)22(31-32(23)16-5-7-35-8-6-16)30-21-18(25)9-14(24)10-19(21)26/h3-4,9-12,16H,2,5-8H2,1H3,(H,30,31)(H2,27,33,34)/b17-12-,29-23?. The molecule has 0 aliphatic carbocycles. The molecule has 0 atom stereocenters. The van der Waals surface area contributed by atoms with E-state index in [2.05, 4.69) is 27.1 Å². The maximum absolute atomic E-state index is 14.4. The summed E-state index contributed by atoms with van der Waals surface area (Å²) in [5, 5.41) is 7.00. The van der Waals surface area contributed by atoms with Crippen molar-refractivity contribution in [2.24, 2.45) is 20.1 Å². The summed E-state index contributed by atoms with van der Waals surface area (Å²) in [6.07, 6.45) is 2.51. The predicted molar refractivity (Wildman–Crippen MR) is 130 cm³/mol. The zero-order valence-electron chi connectivity index (χ0n) is 19.2. The third-order valence-electron chi connectivity index (χ3n) is 5.65. The van der Waals surface area contributed by atoms with E-state index in [4.69, 9.17) is 9.88 Å². The molecule has 2 aromatic rings. The zero-order valence-corrected chi connectivity index (χ0v) is 20.0. The molecule has 0 radical (unpaired) electrons. The van der Waals surface area contributed by atoms with E-state index in [1.54, 1.807) is 24.1 Å². The number of primary sulfonamides is 1. The number of halogens is 3. The molecule has 190 valence electrons. The summed E-state index contributed by atoms with van der Waals surface area (Å²) in [5.74, 6) is -3.19. The molecule has 2 heterocycles. The van der Waals surface area contributed by atoms with Gasteiger partial charge in [-0.05, 0) is 44.2 Å².